The van der Waals surface area contributed by atoms with Gasteiger partial charge < -0.3 is 4.74 Å². The summed E-state index contributed by atoms with van der Waals surface area (Å²) in [5, 5.41) is 4.29. The van der Waals surface area contributed by atoms with Gasteiger partial charge in [-0.2, -0.15) is 0 Å². The van der Waals surface area contributed by atoms with Crippen LogP contribution in [0.4, 0.5) is 0 Å². The highest BCUT2D eigenvalue weighted by Crippen LogP contribution is 2.15. The highest BCUT2D eigenvalue weighted by molar-refractivity contribution is 5.19. The maximum absolute atomic E-state index is 5.79. The van der Waals surface area contributed by atoms with E-state index in [1.807, 2.05) is 19.1 Å². The lowest BCUT2D eigenvalue weighted by atomic mass is 10.1. The summed E-state index contributed by atoms with van der Waals surface area (Å²) in [6.45, 7) is 3.84. The molecule has 1 aromatic rings. The molecular formula is C11H15N2O. The number of nitrogens with zero attached hydrogens (tertiary/aromatic N) is 2. The lowest BCUT2D eigenvalue weighted by Gasteiger charge is -2.22. The first-order valence-electron chi connectivity index (χ1n) is 5.07. The van der Waals surface area contributed by atoms with Crippen LogP contribution >= 0.6 is 0 Å². The first-order chi connectivity index (χ1) is 6.84. The molecule has 0 aliphatic carbocycles. The molecule has 1 aromatic heterocycles. The second kappa shape index (κ2) is 4.42. The van der Waals surface area contributed by atoms with Crippen LogP contribution in [0.3, 0.4) is 0 Å². The Hall–Kier alpha value is -1.09. The summed E-state index contributed by atoms with van der Waals surface area (Å²) in [6, 6.07) is 3.95. The minimum atomic E-state index is 0.331. The summed E-state index contributed by atoms with van der Waals surface area (Å²) >= 11 is 0. The van der Waals surface area contributed by atoms with Gasteiger partial charge in [-0.05, 0) is 31.9 Å². The summed E-state index contributed by atoms with van der Waals surface area (Å²) in [7, 11) is 0. The topological polar surface area (TPSA) is 36.2 Å². The van der Waals surface area contributed by atoms with E-state index in [2.05, 4.69) is 10.3 Å². The van der Waals surface area contributed by atoms with Crippen LogP contribution in [0.5, 0.6) is 5.75 Å². The van der Waals surface area contributed by atoms with Crippen molar-refractivity contribution >= 4 is 0 Å². The van der Waals surface area contributed by atoms with Crippen LogP contribution in [-0.2, 0) is 0 Å². The number of aryl methyl sites for hydroxylation is 1. The Kier molecular flexibility index (Phi) is 2.99. The normalized spacial score (nSPS) is 18.1. The van der Waals surface area contributed by atoms with Crippen LogP contribution in [0, 0.1) is 6.92 Å². The maximum atomic E-state index is 5.79. The van der Waals surface area contributed by atoms with Gasteiger partial charge in [0.25, 0.3) is 0 Å². The molecule has 2 rings (SSSR count). The highest BCUT2D eigenvalue weighted by atomic mass is 16.5. The quantitative estimate of drug-likeness (QED) is 0.710. The minimum Gasteiger partial charge on any atom is -0.489 e. The molecule has 0 amide bonds. The lowest BCUT2D eigenvalue weighted by Crippen LogP contribution is -2.30. The van der Waals surface area contributed by atoms with Crippen LogP contribution in [0.1, 0.15) is 18.5 Å². The molecule has 2 heterocycles. The Balaban J connectivity index is 1.92. The Morgan fingerprint density at radius 2 is 2.07 bits per heavy atom. The molecular weight excluding hydrogens is 176 g/mol. The summed E-state index contributed by atoms with van der Waals surface area (Å²) in [4.78, 5) is 4.20. The van der Waals surface area contributed by atoms with Crippen molar-refractivity contribution in [3.8, 4) is 5.75 Å². The van der Waals surface area contributed by atoms with Gasteiger partial charge >= 0.3 is 0 Å². The van der Waals surface area contributed by atoms with Crippen LogP contribution < -0.4 is 10.1 Å². The standard InChI is InChI=1S/C11H15N2O/c1-9-2-3-11(8-13-9)14-10-4-6-12-7-5-10/h2-3,8,10H,4-7H2,1H3. The van der Waals surface area contributed by atoms with Gasteiger partial charge in [0.1, 0.15) is 11.9 Å². The summed E-state index contributed by atoms with van der Waals surface area (Å²) in [5.41, 5.74) is 1.02. The number of pyridine rings is 1. The largest absolute Gasteiger partial charge is 0.489 e. The fourth-order valence-electron chi connectivity index (χ4n) is 1.56. The Labute approximate surface area is 84.5 Å². The fourth-order valence-corrected chi connectivity index (χ4v) is 1.56. The SMILES string of the molecule is Cc1ccc(OC2CC[N]CC2)cn1. The predicted molar refractivity (Wildman–Crippen MR) is 54.5 cm³/mol. The van der Waals surface area contributed by atoms with Gasteiger partial charge in [-0.25, -0.2) is 5.32 Å². The average Bonchev–Trinajstić information content (AvgIpc) is 2.23. The number of hydrogen-bond acceptors (Lipinski definition) is 2. The van der Waals surface area contributed by atoms with Crippen LogP contribution in [0.2, 0.25) is 0 Å². The van der Waals surface area contributed by atoms with E-state index in [9.17, 15) is 0 Å². The smallest absolute Gasteiger partial charge is 0.138 e. The maximum Gasteiger partial charge on any atom is 0.138 e. The summed E-state index contributed by atoms with van der Waals surface area (Å²) in [6.07, 6.45) is 4.19. The Morgan fingerprint density at radius 1 is 1.29 bits per heavy atom. The molecule has 1 fully saturated rings. The molecule has 0 atom stereocenters. The molecule has 0 unspecified atom stereocenters. The second-order valence-electron chi connectivity index (χ2n) is 3.62. The van der Waals surface area contributed by atoms with Crippen molar-refractivity contribution in [3.63, 3.8) is 0 Å². The van der Waals surface area contributed by atoms with Gasteiger partial charge in [0, 0.05) is 18.8 Å². The molecule has 1 radical (unpaired) electrons. The van der Waals surface area contributed by atoms with Crippen molar-refractivity contribution in [2.24, 2.45) is 0 Å². The van der Waals surface area contributed by atoms with E-state index in [4.69, 9.17) is 4.74 Å². The highest BCUT2D eigenvalue weighted by Gasteiger charge is 2.14. The number of ether oxygens (including phenoxy) is 1. The van der Waals surface area contributed by atoms with Crippen molar-refractivity contribution in [2.75, 3.05) is 13.1 Å². The first kappa shape index (κ1) is 9.46. The van der Waals surface area contributed by atoms with E-state index in [0.717, 1.165) is 37.4 Å². The van der Waals surface area contributed by atoms with Gasteiger partial charge in [0.05, 0.1) is 6.20 Å². The van der Waals surface area contributed by atoms with Crippen molar-refractivity contribution in [2.45, 2.75) is 25.9 Å². The van der Waals surface area contributed by atoms with Crippen LogP contribution in [-0.4, -0.2) is 24.2 Å². The third-order valence-electron chi connectivity index (χ3n) is 2.41. The molecule has 75 valence electrons. The van der Waals surface area contributed by atoms with Crippen LogP contribution in [0.15, 0.2) is 18.3 Å². The molecule has 14 heavy (non-hydrogen) atoms. The predicted octanol–water partition coefficient (Wildman–Crippen LogP) is 1.54. The van der Waals surface area contributed by atoms with Gasteiger partial charge in [0.15, 0.2) is 0 Å². The molecule has 1 aliphatic heterocycles. The molecule has 3 nitrogen and oxygen atoms in total. The summed E-state index contributed by atoms with van der Waals surface area (Å²) < 4.78 is 5.79. The Bertz CT molecular complexity index is 278. The summed E-state index contributed by atoms with van der Waals surface area (Å²) in [5.74, 6) is 0.877. The monoisotopic (exact) mass is 191 g/mol. The number of piperidine rings is 1. The molecule has 3 heteroatoms. The van der Waals surface area contributed by atoms with Crippen molar-refractivity contribution in [1.29, 1.82) is 0 Å². The zero-order valence-corrected chi connectivity index (χ0v) is 8.44. The average molecular weight is 191 g/mol. The van der Waals surface area contributed by atoms with Crippen molar-refractivity contribution in [1.82, 2.24) is 10.3 Å². The van der Waals surface area contributed by atoms with Gasteiger partial charge in [-0.15, -0.1) is 0 Å². The molecule has 1 aliphatic rings. The molecule has 0 spiro atoms. The lowest BCUT2D eigenvalue weighted by molar-refractivity contribution is 0.160. The van der Waals surface area contributed by atoms with Gasteiger partial charge in [0.2, 0.25) is 0 Å². The van der Waals surface area contributed by atoms with Crippen molar-refractivity contribution < 1.29 is 4.74 Å². The molecule has 0 aromatic carbocycles. The van der Waals surface area contributed by atoms with E-state index in [0.29, 0.717) is 6.10 Å². The third kappa shape index (κ3) is 2.45. The number of aromatic nitrogens is 1. The zero-order chi connectivity index (χ0) is 9.80. The van der Waals surface area contributed by atoms with E-state index < -0.39 is 0 Å². The Morgan fingerprint density at radius 3 is 2.71 bits per heavy atom. The second-order valence-corrected chi connectivity index (χ2v) is 3.62. The minimum absolute atomic E-state index is 0.331. The molecule has 1 saturated heterocycles. The van der Waals surface area contributed by atoms with Gasteiger partial charge in [-0.3, -0.25) is 4.98 Å². The van der Waals surface area contributed by atoms with E-state index >= 15 is 0 Å². The molecule has 0 saturated carbocycles. The molecule has 0 bridgehead atoms. The van der Waals surface area contributed by atoms with E-state index in [-0.39, 0.29) is 0 Å². The number of hydrogen-bond donors (Lipinski definition) is 0. The number of rotatable bonds is 2. The van der Waals surface area contributed by atoms with Crippen molar-refractivity contribution in [3.05, 3.63) is 24.0 Å². The van der Waals surface area contributed by atoms with Gasteiger partial charge in [-0.1, -0.05) is 0 Å². The van der Waals surface area contributed by atoms with E-state index in [1.54, 1.807) is 6.20 Å². The first-order valence-corrected chi connectivity index (χ1v) is 5.07. The fraction of sp³-hybridized carbons (Fsp3) is 0.545. The van der Waals surface area contributed by atoms with E-state index in [1.165, 1.54) is 0 Å². The zero-order valence-electron chi connectivity index (χ0n) is 8.44. The van der Waals surface area contributed by atoms with Crippen LogP contribution in [0.25, 0.3) is 0 Å². The third-order valence-corrected chi connectivity index (χ3v) is 2.41. The molecule has 0 N–H and O–H groups in total.